The Labute approximate surface area is 131 Å². The number of anilines is 1. The minimum absolute atomic E-state index is 0.0121. The van der Waals surface area contributed by atoms with Crippen LogP contribution in [-0.4, -0.2) is 16.8 Å². The van der Waals surface area contributed by atoms with E-state index >= 15 is 0 Å². The second kappa shape index (κ2) is 5.45. The van der Waals surface area contributed by atoms with Gasteiger partial charge in [0.05, 0.1) is 5.52 Å². The van der Waals surface area contributed by atoms with Crippen LogP contribution in [0.25, 0.3) is 10.9 Å². The summed E-state index contributed by atoms with van der Waals surface area (Å²) in [6.07, 6.45) is 5.70. The maximum atomic E-state index is 14.1. The van der Waals surface area contributed by atoms with Crippen LogP contribution in [0.4, 0.5) is 14.5 Å². The molecule has 4 rings (SSSR count). The maximum Gasteiger partial charge on any atom is 0.185 e. The van der Waals surface area contributed by atoms with E-state index in [1.54, 1.807) is 12.3 Å². The molecule has 0 amide bonds. The molecule has 0 bridgehead atoms. The van der Waals surface area contributed by atoms with Crippen LogP contribution in [0.5, 0.6) is 0 Å². The smallest absolute Gasteiger partial charge is 0.185 e. The minimum atomic E-state index is -0.917. The zero-order valence-electron chi connectivity index (χ0n) is 12.5. The molecule has 3 N–H and O–H groups in total. The van der Waals surface area contributed by atoms with Gasteiger partial charge in [-0.2, -0.15) is 0 Å². The summed E-state index contributed by atoms with van der Waals surface area (Å²) in [5.74, 6) is -1.57. The highest BCUT2D eigenvalue weighted by Gasteiger charge is 2.34. The lowest BCUT2D eigenvalue weighted by atomic mass is 10.0. The summed E-state index contributed by atoms with van der Waals surface area (Å²) in [5.41, 5.74) is 8.51. The number of fused-ring (bicyclic) bond motifs is 1. The number of halogens is 2. The SMILES string of the molecule is O=C1CCCCC(NNc2c(F)c(F)cc3cc[nH]c23)C2=C1C2. The van der Waals surface area contributed by atoms with Gasteiger partial charge in [0.15, 0.2) is 17.4 Å². The first kappa shape index (κ1) is 14.4. The number of aromatic nitrogens is 1. The minimum Gasteiger partial charge on any atom is -0.359 e. The Balaban J connectivity index is 1.58. The number of ketones is 1. The number of Topliss-reactive ketones (excluding diaryl/α,β-unsaturated/α-hetero) is 1. The van der Waals surface area contributed by atoms with Gasteiger partial charge in [0.25, 0.3) is 0 Å². The zero-order valence-corrected chi connectivity index (χ0v) is 12.5. The maximum absolute atomic E-state index is 14.1. The van der Waals surface area contributed by atoms with Crippen LogP contribution in [-0.2, 0) is 4.79 Å². The number of allylic oxidation sites excluding steroid dienone is 1. The first-order valence-corrected chi connectivity index (χ1v) is 7.87. The molecule has 0 saturated carbocycles. The fourth-order valence-electron chi connectivity index (χ4n) is 3.30. The van der Waals surface area contributed by atoms with E-state index in [4.69, 9.17) is 0 Å². The van der Waals surface area contributed by atoms with Gasteiger partial charge in [-0.1, -0.05) is 6.42 Å². The second-order valence-electron chi connectivity index (χ2n) is 6.16. The predicted molar refractivity (Wildman–Crippen MR) is 83.9 cm³/mol. The molecule has 1 atom stereocenters. The Morgan fingerprint density at radius 2 is 2.13 bits per heavy atom. The Hall–Kier alpha value is -2.21. The average Bonchev–Trinajstić information content (AvgIpc) is 3.18. The van der Waals surface area contributed by atoms with Gasteiger partial charge >= 0.3 is 0 Å². The van der Waals surface area contributed by atoms with Crippen molar-refractivity contribution < 1.29 is 13.6 Å². The lowest BCUT2D eigenvalue weighted by Gasteiger charge is -2.19. The van der Waals surface area contributed by atoms with Crippen LogP contribution >= 0.6 is 0 Å². The molecule has 2 aromatic rings. The molecule has 0 aliphatic heterocycles. The van der Waals surface area contributed by atoms with Gasteiger partial charge in [-0.3, -0.25) is 4.79 Å². The number of hydrogen-bond donors (Lipinski definition) is 3. The van der Waals surface area contributed by atoms with Crippen molar-refractivity contribution in [1.29, 1.82) is 0 Å². The van der Waals surface area contributed by atoms with Gasteiger partial charge < -0.3 is 10.4 Å². The van der Waals surface area contributed by atoms with Crippen LogP contribution in [0.2, 0.25) is 0 Å². The zero-order chi connectivity index (χ0) is 16.0. The predicted octanol–water partition coefficient (Wildman–Crippen LogP) is 3.57. The molecule has 0 radical (unpaired) electrons. The molecule has 6 heteroatoms. The molecular weight excluding hydrogens is 300 g/mol. The van der Waals surface area contributed by atoms with Gasteiger partial charge in [0, 0.05) is 29.6 Å². The van der Waals surface area contributed by atoms with Crippen molar-refractivity contribution in [2.45, 2.75) is 38.1 Å². The fourth-order valence-corrected chi connectivity index (χ4v) is 3.30. The van der Waals surface area contributed by atoms with Gasteiger partial charge in [0.1, 0.15) is 5.69 Å². The summed E-state index contributed by atoms with van der Waals surface area (Å²) in [6, 6.07) is 2.85. The molecule has 1 heterocycles. The van der Waals surface area contributed by atoms with Crippen LogP contribution in [0, 0.1) is 11.6 Å². The highest BCUT2D eigenvalue weighted by atomic mass is 19.2. The summed E-state index contributed by atoms with van der Waals surface area (Å²) in [6.45, 7) is 0. The average molecular weight is 317 g/mol. The summed E-state index contributed by atoms with van der Waals surface area (Å²) in [4.78, 5) is 14.8. The Kier molecular flexibility index (Phi) is 3.41. The Bertz CT molecular complexity index is 825. The van der Waals surface area contributed by atoms with Crippen molar-refractivity contribution >= 4 is 22.4 Å². The van der Waals surface area contributed by atoms with Crippen LogP contribution in [0.15, 0.2) is 29.5 Å². The first-order valence-electron chi connectivity index (χ1n) is 7.87. The quantitative estimate of drug-likeness (QED) is 0.759. The second-order valence-corrected chi connectivity index (χ2v) is 6.16. The number of carbonyl (C=O) groups excluding carboxylic acids is 1. The summed E-state index contributed by atoms with van der Waals surface area (Å²) >= 11 is 0. The lowest BCUT2D eigenvalue weighted by Crippen LogP contribution is -2.34. The summed E-state index contributed by atoms with van der Waals surface area (Å²) < 4.78 is 27.8. The first-order chi connectivity index (χ1) is 11.1. The number of nitrogens with one attached hydrogen (secondary N) is 3. The standard InChI is InChI=1S/C17H17F2N3O/c18-12-7-9-5-6-20-16(9)17(15(12)19)22-21-13-3-1-2-4-14(23)11-8-10(11)13/h5-7,13,20-22H,1-4,8H2. The molecule has 120 valence electrons. The normalized spacial score (nSPS) is 21.1. The van der Waals surface area contributed by atoms with Gasteiger partial charge in [0.2, 0.25) is 0 Å². The van der Waals surface area contributed by atoms with Crippen LogP contribution < -0.4 is 10.9 Å². The third-order valence-electron chi connectivity index (χ3n) is 4.65. The molecule has 4 nitrogen and oxygen atoms in total. The third kappa shape index (κ3) is 2.53. The van der Waals surface area contributed by atoms with Gasteiger partial charge in [-0.15, -0.1) is 0 Å². The molecule has 1 aromatic carbocycles. The number of hydrazine groups is 1. The topological polar surface area (TPSA) is 56.9 Å². The van der Waals surface area contributed by atoms with E-state index in [-0.39, 0.29) is 17.5 Å². The molecule has 1 aromatic heterocycles. The van der Waals surface area contributed by atoms with Crippen molar-refractivity contribution in [3.8, 4) is 0 Å². The highest BCUT2D eigenvalue weighted by molar-refractivity contribution is 6.01. The number of rotatable bonds is 3. The molecule has 23 heavy (non-hydrogen) atoms. The van der Waals surface area contributed by atoms with Crippen LogP contribution in [0.3, 0.4) is 0 Å². The number of benzene rings is 1. The van der Waals surface area contributed by atoms with Crippen molar-refractivity contribution in [2.24, 2.45) is 0 Å². The van der Waals surface area contributed by atoms with Crippen molar-refractivity contribution in [2.75, 3.05) is 5.43 Å². The summed E-state index contributed by atoms with van der Waals surface area (Å²) in [7, 11) is 0. The molecule has 0 fully saturated rings. The summed E-state index contributed by atoms with van der Waals surface area (Å²) in [5, 5.41) is 0.604. The number of H-pyrrole nitrogens is 1. The molecular formula is C17H17F2N3O. The molecule has 0 spiro atoms. The van der Waals surface area contributed by atoms with Crippen molar-refractivity contribution in [3.05, 3.63) is 41.1 Å². The van der Waals surface area contributed by atoms with E-state index in [0.29, 0.717) is 17.3 Å². The third-order valence-corrected chi connectivity index (χ3v) is 4.65. The van der Waals surface area contributed by atoms with E-state index in [0.717, 1.165) is 36.8 Å². The Morgan fingerprint density at radius 1 is 1.26 bits per heavy atom. The van der Waals surface area contributed by atoms with E-state index < -0.39 is 11.6 Å². The number of aromatic amines is 1. The fraction of sp³-hybridized carbons (Fsp3) is 0.353. The lowest BCUT2D eigenvalue weighted by molar-refractivity contribution is -0.115. The molecule has 1 unspecified atom stereocenters. The van der Waals surface area contributed by atoms with E-state index in [9.17, 15) is 13.6 Å². The monoisotopic (exact) mass is 317 g/mol. The van der Waals surface area contributed by atoms with E-state index in [1.807, 2.05) is 0 Å². The van der Waals surface area contributed by atoms with Gasteiger partial charge in [-0.25, -0.2) is 14.2 Å². The van der Waals surface area contributed by atoms with Gasteiger partial charge in [-0.05, 0) is 37.0 Å². The molecule has 2 aliphatic rings. The largest absolute Gasteiger partial charge is 0.359 e. The van der Waals surface area contributed by atoms with Crippen molar-refractivity contribution in [1.82, 2.24) is 10.4 Å². The van der Waals surface area contributed by atoms with Crippen molar-refractivity contribution in [3.63, 3.8) is 0 Å². The van der Waals surface area contributed by atoms with E-state index in [1.165, 1.54) is 6.07 Å². The number of carbonyl (C=O) groups is 1. The number of hydrogen-bond acceptors (Lipinski definition) is 3. The van der Waals surface area contributed by atoms with Crippen LogP contribution in [0.1, 0.15) is 32.1 Å². The Morgan fingerprint density at radius 3 is 3.00 bits per heavy atom. The molecule has 2 aliphatic carbocycles. The highest BCUT2D eigenvalue weighted by Crippen LogP contribution is 2.39. The molecule has 0 saturated heterocycles. The van der Waals surface area contributed by atoms with E-state index in [2.05, 4.69) is 15.8 Å².